The van der Waals surface area contributed by atoms with Crippen molar-refractivity contribution in [1.29, 1.82) is 0 Å². The highest BCUT2D eigenvalue weighted by atomic mass is 79.9. The molecule has 13 heavy (non-hydrogen) atoms. The van der Waals surface area contributed by atoms with Gasteiger partial charge in [-0.1, -0.05) is 33.6 Å². The van der Waals surface area contributed by atoms with Gasteiger partial charge in [0.1, 0.15) is 0 Å². The summed E-state index contributed by atoms with van der Waals surface area (Å²) in [4.78, 5) is 10.2. The molecule has 3 nitrogen and oxygen atoms in total. The van der Waals surface area contributed by atoms with Crippen LogP contribution in [0.3, 0.4) is 0 Å². The van der Waals surface area contributed by atoms with Gasteiger partial charge in [0.15, 0.2) is 0 Å². The Hall–Kier alpha value is -0.610. The molecule has 0 bridgehead atoms. The van der Waals surface area contributed by atoms with Gasteiger partial charge in [0.05, 0.1) is 4.92 Å². The molecule has 0 unspecified atom stereocenters. The molecule has 0 saturated carbocycles. The molecular formula is C8H7BrClNO2. The van der Waals surface area contributed by atoms with Gasteiger partial charge in [0.25, 0.3) is 5.69 Å². The van der Waals surface area contributed by atoms with E-state index < -0.39 is 4.92 Å². The standard InChI is InChI=1S/C8H7BrClNO2/c9-4-3-6-1-2-7(10)5-8(6)11(12)13/h1-2,5H,3-4H2. The second kappa shape index (κ2) is 4.58. The Morgan fingerprint density at radius 2 is 2.23 bits per heavy atom. The molecule has 0 aliphatic heterocycles. The van der Waals surface area contributed by atoms with Gasteiger partial charge in [-0.25, -0.2) is 0 Å². The van der Waals surface area contributed by atoms with Gasteiger partial charge in [-0.15, -0.1) is 0 Å². The molecule has 0 aliphatic rings. The average molecular weight is 265 g/mol. The highest BCUT2D eigenvalue weighted by Gasteiger charge is 2.12. The number of rotatable bonds is 3. The molecule has 70 valence electrons. The fraction of sp³-hybridized carbons (Fsp3) is 0.250. The topological polar surface area (TPSA) is 43.1 Å². The molecule has 0 heterocycles. The van der Waals surface area contributed by atoms with Crippen molar-refractivity contribution in [2.45, 2.75) is 6.42 Å². The van der Waals surface area contributed by atoms with E-state index in [2.05, 4.69) is 15.9 Å². The minimum Gasteiger partial charge on any atom is -0.258 e. The highest BCUT2D eigenvalue weighted by molar-refractivity contribution is 9.09. The molecule has 0 radical (unpaired) electrons. The number of nitro benzene ring substituents is 1. The van der Waals surface area contributed by atoms with E-state index >= 15 is 0 Å². The van der Waals surface area contributed by atoms with Crippen molar-refractivity contribution in [2.75, 3.05) is 5.33 Å². The first-order valence-corrected chi connectivity index (χ1v) is 5.14. The van der Waals surface area contributed by atoms with E-state index in [1.807, 2.05) is 0 Å². The zero-order chi connectivity index (χ0) is 9.84. The lowest BCUT2D eigenvalue weighted by molar-refractivity contribution is -0.385. The van der Waals surface area contributed by atoms with Crippen LogP contribution in [-0.2, 0) is 6.42 Å². The van der Waals surface area contributed by atoms with Gasteiger partial charge in [-0.05, 0) is 12.5 Å². The number of benzene rings is 1. The Bertz CT molecular complexity index is 330. The van der Waals surface area contributed by atoms with Gasteiger partial charge < -0.3 is 0 Å². The summed E-state index contributed by atoms with van der Waals surface area (Å²) in [6, 6.07) is 4.72. The summed E-state index contributed by atoms with van der Waals surface area (Å²) in [6.07, 6.45) is 0.632. The van der Waals surface area contributed by atoms with Crippen LogP contribution in [0.4, 0.5) is 5.69 Å². The molecule has 0 N–H and O–H groups in total. The summed E-state index contributed by atoms with van der Waals surface area (Å²) < 4.78 is 0. The van der Waals surface area contributed by atoms with Gasteiger partial charge in [0.2, 0.25) is 0 Å². The van der Waals surface area contributed by atoms with Gasteiger partial charge in [0, 0.05) is 22.0 Å². The van der Waals surface area contributed by atoms with E-state index in [-0.39, 0.29) is 5.69 Å². The van der Waals surface area contributed by atoms with Crippen LogP contribution < -0.4 is 0 Å². The van der Waals surface area contributed by atoms with E-state index in [0.29, 0.717) is 22.3 Å². The van der Waals surface area contributed by atoms with Crippen molar-refractivity contribution in [3.63, 3.8) is 0 Å². The molecule has 0 fully saturated rings. The summed E-state index contributed by atoms with van der Waals surface area (Å²) in [5.74, 6) is 0. The lowest BCUT2D eigenvalue weighted by Gasteiger charge is -2.00. The largest absolute Gasteiger partial charge is 0.274 e. The number of alkyl halides is 1. The zero-order valence-corrected chi connectivity index (χ0v) is 9.01. The molecular weight excluding hydrogens is 257 g/mol. The van der Waals surface area contributed by atoms with Crippen LogP contribution in [0.5, 0.6) is 0 Å². The Morgan fingerprint density at radius 1 is 1.54 bits per heavy atom. The van der Waals surface area contributed by atoms with Crippen LogP contribution in [0, 0.1) is 10.1 Å². The molecule has 0 aliphatic carbocycles. The highest BCUT2D eigenvalue weighted by Crippen LogP contribution is 2.23. The maximum absolute atomic E-state index is 10.6. The van der Waals surface area contributed by atoms with Crippen molar-refractivity contribution >= 4 is 33.2 Å². The smallest absolute Gasteiger partial charge is 0.258 e. The maximum atomic E-state index is 10.6. The fourth-order valence-corrected chi connectivity index (χ4v) is 1.61. The lowest BCUT2D eigenvalue weighted by Crippen LogP contribution is -1.95. The molecule has 0 amide bonds. The van der Waals surface area contributed by atoms with Crippen LogP contribution >= 0.6 is 27.5 Å². The quantitative estimate of drug-likeness (QED) is 0.478. The maximum Gasteiger partial charge on any atom is 0.274 e. The fourth-order valence-electron chi connectivity index (χ4n) is 1.02. The number of nitrogens with zero attached hydrogens (tertiary/aromatic N) is 1. The minimum atomic E-state index is -0.413. The first-order valence-electron chi connectivity index (χ1n) is 3.64. The van der Waals surface area contributed by atoms with Crippen molar-refractivity contribution in [2.24, 2.45) is 0 Å². The zero-order valence-electron chi connectivity index (χ0n) is 6.67. The summed E-state index contributed by atoms with van der Waals surface area (Å²) in [7, 11) is 0. The first kappa shape index (κ1) is 10.5. The molecule has 1 aromatic carbocycles. The normalized spacial score (nSPS) is 10.0. The van der Waals surface area contributed by atoms with Crippen LogP contribution in [0.25, 0.3) is 0 Å². The third kappa shape index (κ3) is 2.67. The Morgan fingerprint density at radius 3 is 2.77 bits per heavy atom. The second-order valence-corrected chi connectivity index (χ2v) is 3.70. The molecule has 0 saturated heterocycles. The Kier molecular flexibility index (Phi) is 3.69. The van der Waals surface area contributed by atoms with Crippen molar-refractivity contribution in [1.82, 2.24) is 0 Å². The summed E-state index contributed by atoms with van der Waals surface area (Å²) >= 11 is 8.88. The van der Waals surface area contributed by atoms with Crippen molar-refractivity contribution in [3.05, 3.63) is 38.9 Å². The Labute approximate surface area is 89.0 Å². The molecule has 5 heteroatoms. The van der Waals surface area contributed by atoms with Gasteiger partial charge >= 0.3 is 0 Å². The number of aryl methyl sites for hydroxylation is 1. The number of hydrogen-bond acceptors (Lipinski definition) is 2. The van der Waals surface area contributed by atoms with Gasteiger partial charge in [-0.2, -0.15) is 0 Å². The molecule has 1 aromatic rings. The Balaban J connectivity index is 3.10. The summed E-state index contributed by atoms with van der Waals surface area (Å²) in [6.45, 7) is 0. The van der Waals surface area contributed by atoms with Crippen LogP contribution in [-0.4, -0.2) is 10.3 Å². The molecule has 0 aromatic heterocycles. The summed E-state index contributed by atoms with van der Waals surface area (Å²) in [5, 5.41) is 11.7. The van der Waals surface area contributed by atoms with E-state index in [1.165, 1.54) is 6.07 Å². The van der Waals surface area contributed by atoms with E-state index in [9.17, 15) is 10.1 Å². The SMILES string of the molecule is O=[N+]([O-])c1cc(Cl)ccc1CCBr. The molecule has 0 spiro atoms. The lowest BCUT2D eigenvalue weighted by atomic mass is 10.1. The first-order chi connectivity index (χ1) is 6.15. The van der Waals surface area contributed by atoms with Crippen LogP contribution in [0.15, 0.2) is 18.2 Å². The van der Waals surface area contributed by atoms with Crippen molar-refractivity contribution in [3.8, 4) is 0 Å². The van der Waals surface area contributed by atoms with E-state index in [1.54, 1.807) is 12.1 Å². The van der Waals surface area contributed by atoms with E-state index in [0.717, 1.165) is 0 Å². The number of hydrogen-bond donors (Lipinski definition) is 0. The van der Waals surface area contributed by atoms with E-state index in [4.69, 9.17) is 11.6 Å². The minimum absolute atomic E-state index is 0.0898. The van der Waals surface area contributed by atoms with Crippen molar-refractivity contribution < 1.29 is 4.92 Å². The third-order valence-corrected chi connectivity index (χ3v) is 2.24. The monoisotopic (exact) mass is 263 g/mol. The number of nitro groups is 1. The molecule has 0 atom stereocenters. The third-order valence-electron chi connectivity index (χ3n) is 1.61. The second-order valence-electron chi connectivity index (χ2n) is 2.47. The average Bonchev–Trinajstić information content (AvgIpc) is 2.08. The van der Waals surface area contributed by atoms with Crippen LogP contribution in [0.2, 0.25) is 5.02 Å². The molecule has 1 rings (SSSR count). The predicted octanol–water partition coefficient (Wildman–Crippen LogP) is 3.19. The van der Waals surface area contributed by atoms with Crippen LogP contribution in [0.1, 0.15) is 5.56 Å². The summed E-state index contributed by atoms with van der Waals surface area (Å²) in [5.41, 5.74) is 0.790. The number of halogens is 2. The van der Waals surface area contributed by atoms with Gasteiger partial charge in [-0.3, -0.25) is 10.1 Å². The predicted molar refractivity (Wildman–Crippen MR) is 55.6 cm³/mol.